The zero-order chi connectivity index (χ0) is 25.0. The molecule has 0 heterocycles. The molecule has 1 aromatic rings. The fraction of sp³-hybridized carbons (Fsp3) is 0.375. The summed E-state index contributed by atoms with van der Waals surface area (Å²) in [6, 6.07) is -0.380. The topological polar surface area (TPSA) is 57.2 Å². The van der Waals surface area contributed by atoms with Crippen LogP contribution in [0.2, 0.25) is 0 Å². The van der Waals surface area contributed by atoms with Crippen LogP contribution >= 0.6 is 0 Å². The number of halogens is 13. The summed E-state index contributed by atoms with van der Waals surface area (Å²) in [6.45, 7) is 0. The molecule has 1 fully saturated rings. The first-order valence-corrected chi connectivity index (χ1v) is 7.72. The first-order valence-electron chi connectivity index (χ1n) is 7.72. The average molecular weight is 489 g/mol. The number of ketones is 2. The van der Waals surface area contributed by atoms with Gasteiger partial charge in [-0.3, -0.25) is 9.59 Å². The molecule has 3 nitrogen and oxygen atoms in total. The highest BCUT2D eigenvalue weighted by Gasteiger charge is 3.02. The lowest BCUT2D eigenvalue weighted by atomic mass is 9.68. The van der Waals surface area contributed by atoms with E-state index in [1.54, 1.807) is 0 Å². The van der Waals surface area contributed by atoms with E-state index in [0.29, 0.717) is 0 Å². The molecule has 0 aromatic heterocycles. The number of Topliss-reactive ketones (excluding diaryl/α,β-unsaturated/α-hetero) is 2. The molecule has 1 aromatic carbocycles. The molecule has 0 atom stereocenters. The highest BCUT2D eigenvalue weighted by Crippen LogP contribution is 2.70. The number of fused-ring (bicyclic) bond motifs is 1. The number of rotatable bonds is 2. The van der Waals surface area contributed by atoms with Crippen LogP contribution in [0, 0.1) is 11.6 Å². The Labute approximate surface area is 166 Å². The summed E-state index contributed by atoms with van der Waals surface area (Å²) in [7, 11) is 0. The van der Waals surface area contributed by atoms with Gasteiger partial charge in [-0.1, -0.05) is 5.76 Å². The van der Waals surface area contributed by atoms with E-state index in [4.69, 9.17) is 0 Å². The van der Waals surface area contributed by atoms with Crippen molar-refractivity contribution in [2.45, 2.75) is 35.3 Å². The Morgan fingerprint density at radius 3 is 1.41 bits per heavy atom. The summed E-state index contributed by atoms with van der Waals surface area (Å²) in [4.78, 5) is 24.1. The van der Waals surface area contributed by atoms with E-state index in [1.807, 2.05) is 0 Å². The van der Waals surface area contributed by atoms with Crippen molar-refractivity contribution >= 4 is 17.3 Å². The van der Waals surface area contributed by atoms with E-state index in [-0.39, 0.29) is 12.1 Å². The highest BCUT2D eigenvalue weighted by atomic mass is 19.4. The van der Waals surface area contributed by atoms with Crippen molar-refractivity contribution < 1.29 is 71.8 Å². The molecule has 1 saturated carbocycles. The Kier molecular flexibility index (Phi) is 4.43. The lowest BCUT2D eigenvalue weighted by Gasteiger charge is -2.51. The van der Waals surface area contributed by atoms with Crippen LogP contribution in [0.1, 0.15) is 15.9 Å². The first-order chi connectivity index (χ1) is 14.1. The number of hydrogen-bond donors (Lipinski definition) is 0. The number of carbonyl (C=O) groups excluding carboxylic acids is 2. The third-order valence-corrected chi connectivity index (χ3v) is 4.99. The van der Waals surface area contributed by atoms with Crippen LogP contribution in [-0.2, 0) is 4.79 Å². The van der Waals surface area contributed by atoms with Crippen LogP contribution in [0.3, 0.4) is 0 Å². The molecule has 0 bridgehead atoms. The Balaban J connectivity index is 2.33. The zero-order valence-electron chi connectivity index (χ0n) is 14.3. The fourth-order valence-electron chi connectivity index (χ4n) is 3.18. The summed E-state index contributed by atoms with van der Waals surface area (Å²) in [6.07, 6.45) is 0. The standard InChI is InChI=1S/C16H3F13O3/c17-5-1-3-4(2-6(5)18)9(31)7(8(3)30)10(32)11(19)12(20,21)14(24,25)16(28,29)15(26,27)13(11,22)23/h1-2,30H/p-1. The highest BCUT2D eigenvalue weighted by molar-refractivity contribution is 6.36. The molecule has 0 saturated heterocycles. The fourth-order valence-corrected chi connectivity index (χ4v) is 3.18. The number of carbonyl (C=O) groups is 2. The van der Waals surface area contributed by atoms with Gasteiger partial charge in [0.05, 0.1) is 5.57 Å². The maximum atomic E-state index is 14.8. The maximum Gasteiger partial charge on any atom is 0.384 e. The van der Waals surface area contributed by atoms with Crippen molar-refractivity contribution in [3.8, 4) is 0 Å². The molecule has 176 valence electrons. The number of hydrogen-bond acceptors (Lipinski definition) is 3. The molecule has 2 aliphatic carbocycles. The molecule has 0 N–H and O–H groups in total. The minimum Gasteiger partial charge on any atom is -0.871 e. The largest absolute Gasteiger partial charge is 0.871 e. The molecule has 0 unspecified atom stereocenters. The second-order valence-corrected chi connectivity index (χ2v) is 6.70. The minimum absolute atomic E-state index is 0.190. The molecule has 16 heteroatoms. The van der Waals surface area contributed by atoms with E-state index in [9.17, 15) is 71.8 Å². The molecule has 3 rings (SSSR count). The van der Waals surface area contributed by atoms with Crippen molar-refractivity contribution in [3.05, 3.63) is 40.5 Å². The normalized spacial score (nSPS) is 26.1. The van der Waals surface area contributed by atoms with Gasteiger partial charge in [0.25, 0.3) is 0 Å². The lowest BCUT2D eigenvalue weighted by molar-refractivity contribution is -0.475. The van der Waals surface area contributed by atoms with Crippen LogP contribution < -0.4 is 5.11 Å². The van der Waals surface area contributed by atoms with Crippen LogP contribution in [0.25, 0.3) is 5.76 Å². The van der Waals surface area contributed by atoms with E-state index < -0.39 is 80.9 Å². The van der Waals surface area contributed by atoms with Gasteiger partial charge in [-0.25, -0.2) is 13.2 Å². The van der Waals surface area contributed by atoms with Crippen molar-refractivity contribution in [1.29, 1.82) is 0 Å². The van der Waals surface area contributed by atoms with Gasteiger partial charge in [-0.15, -0.1) is 0 Å². The van der Waals surface area contributed by atoms with Gasteiger partial charge in [-0.2, -0.15) is 43.9 Å². The molecule has 0 spiro atoms. The lowest BCUT2D eigenvalue weighted by Crippen LogP contribution is -2.85. The summed E-state index contributed by atoms with van der Waals surface area (Å²) >= 11 is 0. The predicted octanol–water partition coefficient (Wildman–Crippen LogP) is 3.70. The second-order valence-electron chi connectivity index (χ2n) is 6.70. The predicted molar refractivity (Wildman–Crippen MR) is 71.2 cm³/mol. The SMILES string of the molecule is O=C1C(C(=O)C2(F)C(F)(F)C(F)(F)C(F)(F)C(F)(F)C2(F)F)=C([O-])c2cc(F)c(F)cc21. The average Bonchev–Trinajstić information content (AvgIpc) is 2.89. The maximum absolute atomic E-state index is 14.8. The zero-order valence-corrected chi connectivity index (χ0v) is 14.3. The monoisotopic (exact) mass is 489 g/mol. The van der Waals surface area contributed by atoms with Crippen LogP contribution in [0.5, 0.6) is 0 Å². The third kappa shape index (κ3) is 2.15. The van der Waals surface area contributed by atoms with Crippen molar-refractivity contribution in [1.82, 2.24) is 0 Å². The smallest absolute Gasteiger partial charge is 0.384 e. The van der Waals surface area contributed by atoms with E-state index in [1.165, 1.54) is 0 Å². The van der Waals surface area contributed by atoms with E-state index in [2.05, 4.69) is 0 Å². The molecular formula is C16H2F13O3-. The third-order valence-electron chi connectivity index (χ3n) is 4.99. The van der Waals surface area contributed by atoms with Gasteiger partial charge >= 0.3 is 35.3 Å². The van der Waals surface area contributed by atoms with Crippen LogP contribution in [-0.4, -0.2) is 46.8 Å². The molecule has 0 radical (unpaired) electrons. The molecule has 2 aliphatic rings. The van der Waals surface area contributed by atoms with E-state index >= 15 is 0 Å². The summed E-state index contributed by atoms with van der Waals surface area (Å²) in [5.74, 6) is -50.9. The molecular weight excluding hydrogens is 487 g/mol. The Morgan fingerprint density at radius 1 is 0.656 bits per heavy atom. The first kappa shape index (κ1) is 23.8. The molecule has 32 heavy (non-hydrogen) atoms. The van der Waals surface area contributed by atoms with Gasteiger partial charge in [0.2, 0.25) is 5.78 Å². The van der Waals surface area contributed by atoms with Gasteiger partial charge in [-0.05, 0) is 17.7 Å². The van der Waals surface area contributed by atoms with Crippen molar-refractivity contribution in [2.75, 3.05) is 0 Å². The number of alkyl halides is 11. The number of allylic oxidation sites excluding steroid dienone is 1. The van der Waals surface area contributed by atoms with Gasteiger partial charge in [0.1, 0.15) is 0 Å². The Bertz CT molecular complexity index is 1070. The minimum atomic E-state index is -7.65. The Hall–Kier alpha value is -2.81. The van der Waals surface area contributed by atoms with Crippen LogP contribution in [0.4, 0.5) is 57.1 Å². The van der Waals surface area contributed by atoms with Gasteiger partial charge < -0.3 is 5.11 Å². The van der Waals surface area contributed by atoms with Crippen LogP contribution in [0.15, 0.2) is 17.7 Å². The summed E-state index contributed by atoms with van der Waals surface area (Å²) in [5, 5.41) is 12.0. The Morgan fingerprint density at radius 2 is 1.00 bits per heavy atom. The van der Waals surface area contributed by atoms with Gasteiger partial charge in [0, 0.05) is 5.56 Å². The van der Waals surface area contributed by atoms with Crippen molar-refractivity contribution in [2.24, 2.45) is 0 Å². The summed E-state index contributed by atoms with van der Waals surface area (Å²) < 4.78 is 178. The van der Waals surface area contributed by atoms with E-state index in [0.717, 1.165) is 0 Å². The van der Waals surface area contributed by atoms with Crippen molar-refractivity contribution in [3.63, 3.8) is 0 Å². The molecule has 0 amide bonds. The second kappa shape index (κ2) is 5.95. The quantitative estimate of drug-likeness (QED) is 0.471. The van der Waals surface area contributed by atoms with Gasteiger partial charge in [0.15, 0.2) is 17.4 Å². The number of benzene rings is 1. The summed E-state index contributed by atoms with van der Waals surface area (Å²) in [5.41, 5.74) is -12.8. The molecule has 0 aliphatic heterocycles.